The minimum absolute atomic E-state index is 0.207. The molecule has 1 saturated carbocycles. The van der Waals surface area contributed by atoms with Crippen molar-refractivity contribution in [3.8, 4) is 6.07 Å². The summed E-state index contributed by atoms with van der Waals surface area (Å²) in [6.45, 7) is 3.35. The molecular formula is C12H17N3O3. The molecule has 0 bridgehead atoms. The summed E-state index contributed by atoms with van der Waals surface area (Å²) in [5.74, 6) is -0.427. The number of hydrogen-bond donors (Lipinski definition) is 1. The van der Waals surface area contributed by atoms with Crippen molar-refractivity contribution in [1.29, 1.82) is 5.26 Å². The van der Waals surface area contributed by atoms with Gasteiger partial charge in [-0.2, -0.15) is 5.26 Å². The van der Waals surface area contributed by atoms with Crippen LogP contribution in [0.1, 0.15) is 19.8 Å². The highest BCUT2D eigenvalue weighted by molar-refractivity contribution is 5.93. The van der Waals surface area contributed by atoms with Crippen LogP contribution in [0.15, 0.2) is 0 Å². The number of rotatable bonds is 3. The summed E-state index contributed by atoms with van der Waals surface area (Å²) in [5.41, 5.74) is -0.873. The van der Waals surface area contributed by atoms with Crippen LogP contribution in [0.2, 0.25) is 0 Å². The van der Waals surface area contributed by atoms with Gasteiger partial charge in [0.2, 0.25) is 11.8 Å². The van der Waals surface area contributed by atoms with Gasteiger partial charge in [-0.05, 0) is 19.8 Å². The molecule has 1 atom stereocenters. The van der Waals surface area contributed by atoms with Crippen LogP contribution in [0, 0.1) is 16.7 Å². The van der Waals surface area contributed by atoms with Crippen molar-refractivity contribution in [3.05, 3.63) is 0 Å². The van der Waals surface area contributed by atoms with Crippen LogP contribution in [-0.4, -0.2) is 49.1 Å². The second-order valence-corrected chi connectivity index (χ2v) is 4.68. The molecule has 1 unspecified atom stereocenters. The van der Waals surface area contributed by atoms with Gasteiger partial charge in [0.1, 0.15) is 11.5 Å². The van der Waals surface area contributed by atoms with E-state index in [1.165, 1.54) is 4.90 Å². The summed E-state index contributed by atoms with van der Waals surface area (Å²) in [5, 5.41) is 11.8. The highest BCUT2D eigenvalue weighted by atomic mass is 16.5. The number of ether oxygens (including phenoxy) is 1. The van der Waals surface area contributed by atoms with Gasteiger partial charge in [0.15, 0.2) is 0 Å². The lowest BCUT2D eigenvalue weighted by Crippen LogP contribution is -2.57. The highest BCUT2D eigenvalue weighted by Crippen LogP contribution is 2.46. The molecule has 1 aliphatic carbocycles. The van der Waals surface area contributed by atoms with Crippen molar-refractivity contribution < 1.29 is 14.3 Å². The fourth-order valence-electron chi connectivity index (χ4n) is 2.13. The molecule has 0 radical (unpaired) electrons. The summed E-state index contributed by atoms with van der Waals surface area (Å²) in [7, 11) is 0. The van der Waals surface area contributed by atoms with Crippen molar-refractivity contribution >= 4 is 11.8 Å². The Bertz CT molecular complexity index is 398. The number of carbonyl (C=O) groups is 2. The predicted octanol–water partition coefficient (Wildman–Crippen LogP) is -0.346. The average molecular weight is 251 g/mol. The maximum absolute atomic E-state index is 12.3. The average Bonchev–Trinajstić information content (AvgIpc) is 3.19. The lowest BCUT2D eigenvalue weighted by atomic mass is 10.1. The number of nitrogens with one attached hydrogen (secondary N) is 1. The topological polar surface area (TPSA) is 82.4 Å². The number of morpholine rings is 1. The van der Waals surface area contributed by atoms with Crippen molar-refractivity contribution in [2.75, 3.05) is 26.3 Å². The molecule has 0 spiro atoms. The van der Waals surface area contributed by atoms with Gasteiger partial charge in [-0.25, -0.2) is 0 Å². The molecule has 2 aliphatic rings. The zero-order valence-corrected chi connectivity index (χ0v) is 10.4. The number of nitriles is 1. The Morgan fingerprint density at radius 2 is 2.28 bits per heavy atom. The maximum Gasteiger partial charge on any atom is 0.245 e. The lowest BCUT2D eigenvalue weighted by molar-refractivity contribution is -0.151. The van der Waals surface area contributed by atoms with Crippen LogP contribution < -0.4 is 5.32 Å². The quantitative estimate of drug-likeness (QED) is 0.743. The standard InChI is InChI=1S/C12H17N3O3/c1-2-14-10(16)9-7-18-6-5-15(9)11(17)12(8-13)3-4-12/h9H,2-7H2,1H3,(H,14,16). The van der Waals surface area contributed by atoms with Crippen molar-refractivity contribution in [1.82, 2.24) is 10.2 Å². The molecule has 1 saturated heterocycles. The largest absolute Gasteiger partial charge is 0.377 e. The van der Waals surface area contributed by atoms with Crippen LogP contribution in [0.3, 0.4) is 0 Å². The molecule has 2 amide bonds. The van der Waals surface area contributed by atoms with E-state index in [9.17, 15) is 9.59 Å². The minimum Gasteiger partial charge on any atom is -0.377 e. The molecule has 0 aromatic carbocycles. The Morgan fingerprint density at radius 1 is 1.56 bits per heavy atom. The number of hydrogen-bond acceptors (Lipinski definition) is 4. The van der Waals surface area contributed by atoms with Gasteiger partial charge in [0.05, 0.1) is 19.3 Å². The predicted molar refractivity (Wildman–Crippen MR) is 62.3 cm³/mol. The molecule has 1 aliphatic heterocycles. The Labute approximate surface area is 106 Å². The van der Waals surface area contributed by atoms with E-state index in [2.05, 4.69) is 11.4 Å². The van der Waals surface area contributed by atoms with Gasteiger partial charge < -0.3 is 15.0 Å². The molecule has 0 aromatic heterocycles. The monoisotopic (exact) mass is 251 g/mol. The van der Waals surface area contributed by atoms with Crippen LogP contribution in [0.4, 0.5) is 0 Å². The van der Waals surface area contributed by atoms with Crippen LogP contribution in [-0.2, 0) is 14.3 Å². The van der Waals surface area contributed by atoms with E-state index in [4.69, 9.17) is 10.00 Å². The zero-order valence-electron chi connectivity index (χ0n) is 10.4. The van der Waals surface area contributed by atoms with E-state index in [0.717, 1.165) is 0 Å². The molecule has 1 heterocycles. The molecule has 98 valence electrons. The van der Waals surface area contributed by atoms with Crippen LogP contribution in [0.5, 0.6) is 0 Å². The van der Waals surface area contributed by atoms with Crippen molar-refractivity contribution in [2.45, 2.75) is 25.8 Å². The first kappa shape index (κ1) is 12.8. The van der Waals surface area contributed by atoms with Crippen LogP contribution >= 0.6 is 0 Å². The van der Waals surface area contributed by atoms with E-state index in [1.54, 1.807) is 0 Å². The van der Waals surface area contributed by atoms with Gasteiger partial charge in [-0.1, -0.05) is 0 Å². The fraction of sp³-hybridized carbons (Fsp3) is 0.750. The van der Waals surface area contributed by atoms with E-state index >= 15 is 0 Å². The lowest BCUT2D eigenvalue weighted by Gasteiger charge is -2.35. The van der Waals surface area contributed by atoms with Crippen molar-refractivity contribution in [2.24, 2.45) is 5.41 Å². The van der Waals surface area contributed by atoms with E-state index < -0.39 is 11.5 Å². The van der Waals surface area contributed by atoms with Crippen LogP contribution in [0.25, 0.3) is 0 Å². The summed E-state index contributed by atoms with van der Waals surface area (Å²) in [4.78, 5) is 25.7. The molecular weight excluding hydrogens is 234 g/mol. The third kappa shape index (κ3) is 2.18. The Balaban J connectivity index is 2.11. The Hall–Kier alpha value is -1.61. The SMILES string of the molecule is CCNC(=O)C1COCCN1C(=O)C1(C#N)CC1. The molecule has 1 N–H and O–H groups in total. The smallest absolute Gasteiger partial charge is 0.245 e. The van der Waals surface area contributed by atoms with E-state index in [0.29, 0.717) is 32.5 Å². The highest BCUT2D eigenvalue weighted by Gasteiger charge is 2.54. The van der Waals surface area contributed by atoms with Gasteiger partial charge >= 0.3 is 0 Å². The van der Waals surface area contributed by atoms with E-state index in [-0.39, 0.29) is 18.4 Å². The molecule has 6 heteroatoms. The van der Waals surface area contributed by atoms with E-state index in [1.807, 2.05) is 6.92 Å². The zero-order chi connectivity index (χ0) is 13.2. The minimum atomic E-state index is -0.873. The summed E-state index contributed by atoms with van der Waals surface area (Å²) in [6.07, 6.45) is 1.20. The Kier molecular flexibility index (Phi) is 3.53. The number of likely N-dealkylation sites (N-methyl/N-ethyl adjacent to an activating group) is 1. The Morgan fingerprint density at radius 3 is 2.83 bits per heavy atom. The molecule has 0 aromatic rings. The van der Waals surface area contributed by atoms with Gasteiger partial charge in [0, 0.05) is 13.1 Å². The summed E-state index contributed by atoms with van der Waals surface area (Å²) >= 11 is 0. The third-order valence-electron chi connectivity index (χ3n) is 3.42. The number of nitrogens with zero attached hydrogens (tertiary/aromatic N) is 2. The fourth-order valence-corrected chi connectivity index (χ4v) is 2.13. The molecule has 6 nitrogen and oxygen atoms in total. The first-order chi connectivity index (χ1) is 8.64. The third-order valence-corrected chi connectivity index (χ3v) is 3.42. The normalized spacial score (nSPS) is 25.1. The first-order valence-corrected chi connectivity index (χ1v) is 6.22. The molecule has 18 heavy (non-hydrogen) atoms. The number of amides is 2. The number of carbonyl (C=O) groups excluding carboxylic acids is 2. The van der Waals surface area contributed by atoms with Crippen molar-refractivity contribution in [3.63, 3.8) is 0 Å². The maximum atomic E-state index is 12.3. The summed E-state index contributed by atoms with van der Waals surface area (Å²) in [6, 6.07) is 1.48. The second-order valence-electron chi connectivity index (χ2n) is 4.68. The molecule has 2 fully saturated rings. The van der Waals surface area contributed by atoms with Gasteiger partial charge in [0.25, 0.3) is 0 Å². The summed E-state index contributed by atoms with van der Waals surface area (Å²) < 4.78 is 5.26. The van der Waals surface area contributed by atoms with Gasteiger partial charge in [-0.3, -0.25) is 9.59 Å². The molecule has 2 rings (SSSR count). The first-order valence-electron chi connectivity index (χ1n) is 6.22. The second kappa shape index (κ2) is 4.94. The van der Waals surface area contributed by atoms with Gasteiger partial charge in [-0.15, -0.1) is 0 Å².